The summed E-state index contributed by atoms with van der Waals surface area (Å²) in [6.45, 7) is 0. The quantitative estimate of drug-likeness (QED) is 0.720. The highest BCUT2D eigenvalue weighted by molar-refractivity contribution is 9.10. The molecule has 2 nitrogen and oxygen atoms in total. The number of oxazole rings is 1. The van der Waals surface area contributed by atoms with Crippen molar-refractivity contribution in [1.29, 1.82) is 0 Å². The van der Waals surface area contributed by atoms with E-state index in [1.807, 2.05) is 24.5 Å². The number of aromatic nitrogens is 1. The van der Waals surface area contributed by atoms with E-state index in [1.165, 1.54) is 11.8 Å². The van der Waals surface area contributed by atoms with E-state index in [2.05, 4.69) is 20.9 Å². The second-order valence-electron chi connectivity index (χ2n) is 2.30. The number of rotatable bonds is 1. The monoisotopic (exact) mass is 243 g/mol. The molecule has 0 amide bonds. The summed E-state index contributed by atoms with van der Waals surface area (Å²) < 4.78 is 6.43. The molecule has 0 spiro atoms. The second-order valence-corrected chi connectivity index (χ2v) is 3.97. The summed E-state index contributed by atoms with van der Waals surface area (Å²) in [5, 5.41) is 0.711. The van der Waals surface area contributed by atoms with Gasteiger partial charge < -0.3 is 4.42 Å². The highest BCUT2D eigenvalue weighted by Gasteiger charge is 2.03. The topological polar surface area (TPSA) is 26.0 Å². The van der Waals surface area contributed by atoms with Crippen LogP contribution in [0.15, 0.2) is 32.3 Å². The van der Waals surface area contributed by atoms with Gasteiger partial charge in [0, 0.05) is 4.47 Å². The van der Waals surface area contributed by atoms with Gasteiger partial charge in [0.15, 0.2) is 5.58 Å². The predicted octanol–water partition coefficient (Wildman–Crippen LogP) is 3.31. The van der Waals surface area contributed by atoms with Crippen LogP contribution in [0.25, 0.3) is 11.1 Å². The summed E-state index contributed by atoms with van der Waals surface area (Å²) >= 11 is 4.88. The fraction of sp³-hybridized carbons (Fsp3) is 0.125. The summed E-state index contributed by atoms with van der Waals surface area (Å²) in [7, 11) is 0. The van der Waals surface area contributed by atoms with Crippen molar-refractivity contribution < 1.29 is 4.42 Å². The van der Waals surface area contributed by atoms with Crippen LogP contribution in [0.2, 0.25) is 0 Å². The van der Waals surface area contributed by atoms with Crippen LogP contribution in [0.5, 0.6) is 0 Å². The Hall–Kier alpha value is -0.480. The van der Waals surface area contributed by atoms with Crippen LogP contribution in [0.3, 0.4) is 0 Å². The smallest absolute Gasteiger partial charge is 0.256 e. The zero-order valence-corrected chi connectivity index (χ0v) is 8.78. The number of hydrogen-bond donors (Lipinski definition) is 0. The van der Waals surface area contributed by atoms with E-state index in [4.69, 9.17) is 4.42 Å². The summed E-state index contributed by atoms with van der Waals surface area (Å²) in [6.07, 6.45) is 1.94. The average Bonchev–Trinajstić information content (AvgIpc) is 2.46. The molecule has 62 valence electrons. The third kappa shape index (κ3) is 1.36. The van der Waals surface area contributed by atoms with Crippen molar-refractivity contribution in [3.8, 4) is 0 Å². The molecule has 0 fully saturated rings. The molecule has 0 aliphatic carbocycles. The van der Waals surface area contributed by atoms with Gasteiger partial charge in [-0.3, -0.25) is 0 Å². The van der Waals surface area contributed by atoms with E-state index in [0.717, 1.165) is 15.6 Å². The van der Waals surface area contributed by atoms with Crippen LogP contribution in [-0.4, -0.2) is 11.2 Å². The normalized spacial score (nSPS) is 10.8. The number of benzene rings is 1. The molecule has 12 heavy (non-hydrogen) atoms. The van der Waals surface area contributed by atoms with Crippen molar-refractivity contribution in [3.63, 3.8) is 0 Å². The molecule has 4 heteroatoms. The van der Waals surface area contributed by atoms with Crippen LogP contribution in [-0.2, 0) is 0 Å². The largest absolute Gasteiger partial charge is 0.431 e. The molecule has 0 saturated carbocycles. The summed E-state index contributed by atoms with van der Waals surface area (Å²) in [5.74, 6) is 0. The van der Waals surface area contributed by atoms with Gasteiger partial charge in [0.05, 0.1) is 0 Å². The minimum atomic E-state index is 0.711. The molecular weight excluding hydrogens is 238 g/mol. The summed E-state index contributed by atoms with van der Waals surface area (Å²) in [6, 6.07) is 5.79. The molecule has 2 rings (SSSR count). The zero-order valence-electron chi connectivity index (χ0n) is 6.37. The van der Waals surface area contributed by atoms with Crippen LogP contribution >= 0.6 is 27.7 Å². The first-order valence-electron chi connectivity index (χ1n) is 3.39. The Morgan fingerprint density at radius 2 is 2.33 bits per heavy atom. The molecular formula is C8H6BrNOS. The predicted molar refractivity (Wildman–Crippen MR) is 53.5 cm³/mol. The van der Waals surface area contributed by atoms with Gasteiger partial charge in [-0.15, -0.1) is 0 Å². The fourth-order valence-electron chi connectivity index (χ4n) is 0.967. The minimum absolute atomic E-state index is 0.711. The molecule has 1 aromatic heterocycles. The van der Waals surface area contributed by atoms with Crippen molar-refractivity contribution in [2.75, 3.05) is 6.26 Å². The third-order valence-corrected chi connectivity index (χ3v) is 2.52. The van der Waals surface area contributed by atoms with E-state index in [9.17, 15) is 0 Å². The van der Waals surface area contributed by atoms with Crippen LogP contribution in [0.4, 0.5) is 0 Å². The van der Waals surface area contributed by atoms with Gasteiger partial charge in [0.2, 0.25) is 0 Å². The second kappa shape index (κ2) is 3.11. The van der Waals surface area contributed by atoms with Gasteiger partial charge in [0.1, 0.15) is 5.52 Å². The first-order chi connectivity index (χ1) is 5.79. The maximum Gasteiger partial charge on any atom is 0.256 e. The Morgan fingerprint density at radius 1 is 1.50 bits per heavy atom. The van der Waals surface area contributed by atoms with E-state index in [1.54, 1.807) is 0 Å². The lowest BCUT2D eigenvalue weighted by molar-refractivity contribution is 0.490. The minimum Gasteiger partial charge on any atom is -0.431 e. The van der Waals surface area contributed by atoms with Crippen molar-refractivity contribution in [2.45, 2.75) is 5.22 Å². The highest BCUT2D eigenvalue weighted by atomic mass is 79.9. The Kier molecular flexibility index (Phi) is 2.11. The molecule has 0 aliphatic rings. The van der Waals surface area contributed by atoms with Crippen LogP contribution in [0.1, 0.15) is 0 Å². The van der Waals surface area contributed by atoms with Gasteiger partial charge in [-0.05, 0) is 24.5 Å². The van der Waals surface area contributed by atoms with Crippen molar-refractivity contribution in [2.24, 2.45) is 0 Å². The zero-order chi connectivity index (χ0) is 8.55. The van der Waals surface area contributed by atoms with Gasteiger partial charge in [-0.1, -0.05) is 27.7 Å². The van der Waals surface area contributed by atoms with Gasteiger partial charge in [0.25, 0.3) is 5.22 Å². The molecule has 2 aromatic rings. The molecule has 1 aromatic carbocycles. The van der Waals surface area contributed by atoms with Crippen LogP contribution < -0.4 is 0 Å². The Bertz CT molecular complexity index is 412. The Balaban J connectivity index is 2.67. The highest BCUT2D eigenvalue weighted by Crippen LogP contribution is 2.23. The number of nitrogens with zero attached hydrogens (tertiary/aromatic N) is 1. The lowest BCUT2D eigenvalue weighted by Gasteiger charge is -1.85. The maximum absolute atomic E-state index is 5.40. The molecule has 0 bridgehead atoms. The molecule has 0 saturated heterocycles. The third-order valence-electron chi connectivity index (χ3n) is 1.50. The first-order valence-corrected chi connectivity index (χ1v) is 5.41. The molecule has 1 heterocycles. The number of halogens is 1. The Labute approximate surface area is 82.5 Å². The molecule has 0 N–H and O–H groups in total. The van der Waals surface area contributed by atoms with Crippen LogP contribution in [0, 0.1) is 0 Å². The lowest BCUT2D eigenvalue weighted by atomic mass is 10.3. The van der Waals surface area contributed by atoms with Gasteiger partial charge in [-0.25, -0.2) is 4.98 Å². The van der Waals surface area contributed by atoms with Crippen molar-refractivity contribution in [3.05, 3.63) is 22.7 Å². The van der Waals surface area contributed by atoms with E-state index >= 15 is 0 Å². The summed E-state index contributed by atoms with van der Waals surface area (Å²) in [4.78, 5) is 4.26. The molecule has 0 aliphatic heterocycles. The molecule has 0 radical (unpaired) electrons. The summed E-state index contributed by atoms with van der Waals surface area (Å²) in [5.41, 5.74) is 1.73. The Morgan fingerprint density at radius 3 is 3.08 bits per heavy atom. The van der Waals surface area contributed by atoms with E-state index in [-0.39, 0.29) is 0 Å². The SMILES string of the molecule is CSc1nc2cc(Br)ccc2o1. The van der Waals surface area contributed by atoms with E-state index < -0.39 is 0 Å². The van der Waals surface area contributed by atoms with Crippen molar-refractivity contribution in [1.82, 2.24) is 4.98 Å². The molecule has 0 atom stereocenters. The lowest BCUT2D eigenvalue weighted by Crippen LogP contribution is -1.67. The number of fused-ring (bicyclic) bond motifs is 1. The average molecular weight is 244 g/mol. The number of thioether (sulfide) groups is 1. The van der Waals surface area contributed by atoms with Crippen molar-refractivity contribution >= 4 is 38.8 Å². The first kappa shape index (κ1) is 8.13. The van der Waals surface area contributed by atoms with E-state index in [0.29, 0.717) is 5.22 Å². The maximum atomic E-state index is 5.40. The fourth-order valence-corrected chi connectivity index (χ4v) is 1.68. The molecule has 0 unspecified atom stereocenters. The van der Waals surface area contributed by atoms with Gasteiger partial charge >= 0.3 is 0 Å². The van der Waals surface area contributed by atoms with Gasteiger partial charge in [-0.2, -0.15) is 0 Å². The number of hydrogen-bond acceptors (Lipinski definition) is 3. The standard InChI is InChI=1S/C8H6BrNOS/c1-12-8-10-6-4-5(9)2-3-7(6)11-8/h2-4H,1H3.